The maximum atomic E-state index is 13.0. The van der Waals surface area contributed by atoms with Crippen LogP contribution >= 0.6 is 0 Å². The standard InChI is InChI=1S/C16H23N3O2/c1-4-16(3,14(17)18-21)15(20)19-9-5-6-12-10-11(2)7-8-13(12)19/h7-8,10,21H,4-6,9H2,1-3H3,(H2,17,18). The molecule has 0 fully saturated rings. The average molecular weight is 289 g/mol. The van der Waals surface area contributed by atoms with Crippen LogP contribution in [-0.2, 0) is 11.2 Å². The Bertz CT molecular complexity index is 583. The number of nitrogens with two attached hydrogens (primary N) is 1. The zero-order valence-electron chi connectivity index (χ0n) is 12.9. The number of carbonyl (C=O) groups excluding carboxylic acids is 1. The highest BCUT2D eigenvalue weighted by Gasteiger charge is 2.41. The maximum Gasteiger partial charge on any atom is 0.240 e. The van der Waals surface area contributed by atoms with Crippen molar-refractivity contribution in [1.82, 2.24) is 0 Å². The lowest BCUT2D eigenvalue weighted by Crippen LogP contribution is -2.51. The molecule has 0 aromatic heterocycles. The quantitative estimate of drug-likeness (QED) is 0.388. The molecule has 1 aliphatic heterocycles. The fraction of sp³-hybridized carbons (Fsp3) is 0.500. The molecule has 1 unspecified atom stereocenters. The van der Waals surface area contributed by atoms with Gasteiger partial charge in [-0.25, -0.2) is 0 Å². The number of hydrogen-bond donors (Lipinski definition) is 2. The molecule has 5 heteroatoms. The van der Waals surface area contributed by atoms with E-state index in [2.05, 4.69) is 11.2 Å². The predicted molar refractivity (Wildman–Crippen MR) is 83.7 cm³/mol. The molecule has 1 aromatic rings. The van der Waals surface area contributed by atoms with Gasteiger partial charge in [0.2, 0.25) is 5.91 Å². The van der Waals surface area contributed by atoms with Gasteiger partial charge in [0.1, 0.15) is 5.41 Å². The van der Waals surface area contributed by atoms with E-state index >= 15 is 0 Å². The smallest absolute Gasteiger partial charge is 0.240 e. The molecule has 0 saturated heterocycles. The number of carbonyl (C=O) groups is 1. The van der Waals surface area contributed by atoms with Gasteiger partial charge in [-0.3, -0.25) is 4.79 Å². The monoisotopic (exact) mass is 289 g/mol. The lowest BCUT2D eigenvalue weighted by Gasteiger charge is -2.36. The van der Waals surface area contributed by atoms with Crippen LogP contribution in [0, 0.1) is 12.3 Å². The normalized spacial score (nSPS) is 18.0. The summed E-state index contributed by atoms with van der Waals surface area (Å²) in [6, 6.07) is 6.13. The molecular formula is C16H23N3O2. The fourth-order valence-corrected chi connectivity index (χ4v) is 2.79. The third-order valence-electron chi connectivity index (χ3n) is 4.45. The molecule has 0 aliphatic carbocycles. The minimum atomic E-state index is -0.978. The van der Waals surface area contributed by atoms with E-state index in [4.69, 9.17) is 10.9 Å². The van der Waals surface area contributed by atoms with E-state index in [0.717, 1.165) is 18.5 Å². The van der Waals surface area contributed by atoms with E-state index in [1.165, 1.54) is 11.1 Å². The molecule has 0 bridgehead atoms. The van der Waals surface area contributed by atoms with Crippen LogP contribution in [0.15, 0.2) is 23.4 Å². The molecule has 1 atom stereocenters. The number of anilines is 1. The summed E-state index contributed by atoms with van der Waals surface area (Å²) in [5, 5.41) is 12.0. The Morgan fingerprint density at radius 1 is 1.52 bits per heavy atom. The topological polar surface area (TPSA) is 78.9 Å². The average Bonchev–Trinajstić information content (AvgIpc) is 2.51. The molecule has 1 aromatic carbocycles. The highest BCUT2D eigenvalue weighted by atomic mass is 16.4. The lowest BCUT2D eigenvalue weighted by atomic mass is 9.83. The molecule has 0 radical (unpaired) electrons. The van der Waals surface area contributed by atoms with E-state index in [1.807, 2.05) is 26.0 Å². The molecule has 1 amide bonds. The maximum absolute atomic E-state index is 13.0. The Kier molecular flexibility index (Phi) is 4.21. The van der Waals surface area contributed by atoms with Gasteiger partial charge in [-0.2, -0.15) is 0 Å². The van der Waals surface area contributed by atoms with Crippen molar-refractivity contribution in [2.45, 2.75) is 40.0 Å². The van der Waals surface area contributed by atoms with E-state index < -0.39 is 5.41 Å². The number of nitrogens with zero attached hydrogens (tertiary/aromatic N) is 2. The van der Waals surface area contributed by atoms with Crippen LogP contribution in [0.2, 0.25) is 0 Å². The molecule has 3 N–H and O–H groups in total. The van der Waals surface area contributed by atoms with Gasteiger partial charge in [0.15, 0.2) is 5.84 Å². The number of oxime groups is 1. The van der Waals surface area contributed by atoms with Crippen LogP contribution in [0.4, 0.5) is 5.69 Å². The van der Waals surface area contributed by atoms with E-state index in [0.29, 0.717) is 13.0 Å². The van der Waals surface area contributed by atoms with Gasteiger partial charge in [0, 0.05) is 12.2 Å². The van der Waals surface area contributed by atoms with Gasteiger partial charge >= 0.3 is 0 Å². The Hall–Kier alpha value is -2.04. The molecule has 21 heavy (non-hydrogen) atoms. The highest BCUT2D eigenvalue weighted by molar-refractivity contribution is 6.12. The largest absolute Gasteiger partial charge is 0.409 e. The number of rotatable bonds is 3. The minimum absolute atomic E-state index is 0.0331. The summed E-state index contributed by atoms with van der Waals surface area (Å²) in [6.45, 7) is 6.32. The summed E-state index contributed by atoms with van der Waals surface area (Å²) in [5.41, 5.74) is 8.11. The van der Waals surface area contributed by atoms with Crippen molar-refractivity contribution in [2.75, 3.05) is 11.4 Å². The van der Waals surface area contributed by atoms with Crippen LogP contribution in [-0.4, -0.2) is 23.5 Å². The van der Waals surface area contributed by atoms with Crippen LogP contribution in [0.1, 0.15) is 37.8 Å². The highest BCUT2D eigenvalue weighted by Crippen LogP contribution is 2.33. The van der Waals surface area contributed by atoms with Crippen LogP contribution in [0.3, 0.4) is 0 Å². The van der Waals surface area contributed by atoms with E-state index in [-0.39, 0.29) is 11.7 Å². The van der Waals surface area contributed by atoms with Gasteiger partial charge in [-0.1, -0.05) is 29.8 Å². The number of benzene rings is 1. The van der Waals surface area contributed by atoms with E-state index in [1.54, 1.807) is 11.8 Å². The van der Waals surface area contributed by atoms with Crippen LogP contribution in [0.5, 0.6) is 0 Å². The molecule has 2 rings (SSSR count). The number of aryl methyl sites for hydroxylation is 2. The first-order valence-corrected chi connectivity index (χ1v) is 7.33. The van der Waals surface area contributed by atoms with Crippen molar-refractivity contribution in [3.05, 3.63) is 29.3 Å². The van der Waals surface area contributed by atoms with Crippen molar-refractivity contribution < 1.29 is 10.0 Å². The third kappa shape index (κ3) is 2.60. The molecule has 0 spiro atoms. The SMILES string of the molecule is CCC(C)(C(=O)N1CCCc2cc(C)ccc21)/C(N)=N/O. The minimum Gasteiger partial charge on any atom is -0.409 e. The predicted octanol–water partition coefficient (Wildman–Crippen LogP) is 2.44. The second-order valence-electron chi connectivity index (χ2n) is 5.86. The summed E-state index contributed by atoms with van der Waals surface area (Å²) in [4.78, 5) is 14.7. The number of hydrogen-bond acceptors (Lipinski definition) is 3. The summed E-state index contributed by atoms with van der Waals surface area (Å²) < 4.78 is 0. The van der Waals surface area contributed by atoms with E-state index in [9.17, 15) is 4.79 Å². The van der Waals surface area contributed by atoms with Gasteiger partial charge in [-0.05, 0) is 44.7 Å². The first kappa shape index (κ1) is 15.4. The van der Waals surface area contributed by atoms with Gasteiger partial charge in [0.25, 0.3) is 0 Å². The Balaban J connectivity index is 2.42. The Morgan fingerprint density at radius 3 is 2.86 bits per heavy atom. The van der Waals surface area contributed by atoms with Gasteiger partial charge in [0.05, 0.1) is 0 Å². The van der Waals surface area contributed by atoms with Gasteiger partial charge in [-0.15, -0.1) is 0 Å². The van der Waals surface area contributed by atoms with Crippen molar-refractivity contribution in [3.63, 3.8) is 0 Å². The first-order valence-electron chi connectivity index (χ1n) is 7.33. The van der Waals surface area contributed by atoms with Crippen molar-refractivity contribution >= 4 is 17.4 Å². The second kappa shape index (κ2) is 5.76. The zero-order chi connectivity index (χ0) is 15.6. The molecular weight excluding hydrogens is 266 g/mol. The summed E-state index contributed by atoms with van der Waals surface area (Å²) in [6.07, 6.45) is 2.39. The number of amidine groups is 1. The van der Waals surface area contributed by atoms with Gasteiger partial charge < -0.3 is 15.8 Å². The fourth-order valence-electron chi connectivity index (χ4n) is 2.79. The third-order valence-corrected chi connectivity index (χ3v) is 4.45. The summed E-state index contributed by atoms with van der Waals surface area (Å²) in [7, 11) is 0. The zero-order valence-corrected chi connectivity index (χ0v) is 12.9. The summed E-state index contributed by atoms with van der Waals surface area (Å²) in [5.74, 6) is -0.140. The molecule has 5 nitrogen and oxygen atoms in total. The van der Waals surface area contributed by atoms with Crippen molar-refractivity contribution in [1.29, 1.82) is 0 Å². The first-order chi connectivity index (χ1) is 9.93. The Labute approximate surface area is 125 Å². The van der Waals surface area contributed by atoms with Crippen molar-refractivity contribution in [3.8, 4) is 0 Å². The Morgan fingerprint density at radius 2 is 2.24 bits per heavy atom. The molecule has 114 valence electrons. The number of amides is 1. The van der Waals surface area contributed by atoms with Crippen molar-refractivity contribution in [2.24, 2.45) is 16.3 Å². The van der Waals surface area contributed by atoms with Crippen LogP contribution < -0.4 is 10.6 Å². The molecule has 1 heterocycles. The molecule has 1 aliphatic rings. The molecule has 0 saturated carbocycles. The van der Waals surface area contributed by atoms with Crippen LogP contribution in [0.25, 0.3) is 0 Å². The second-order valence-corrected chi connectivity index (χ2v) is 5.86. The number of fused-ring (bicyclic) bond motifs is 1. The lowest BCUT2D eigenvalue weighted by molar-refractivity contribution is -0.124. The summed E-state index contributed by atoms with van der Waals surface area (Å²) >= 11 is 0.